The average molecular weight is 507 g/mol. The molecule has 4 N–H and O–H groups in total. The molecule has 4 aromatic rings. The Morgan fingerprint density at radius 2 is 1.71 bits per heavy atom. The number of hydrogen-bond acceptors (Lipinski definition) is 4. The van der Waals surface area contributed by atoms with Crippen LogP contribution in [0.5, 0.6) is 0 Å². The van der Waals surface area contributed by atoms with Crippen LogP contribution in [0.25, 0.3) is 11.4 Å². The lowest BCUT2D eigenvalue weighted by Gasteiger charge is -2.13. The van der Waals surface area contributed by atoms with Crippen molar-refractivity contribution in [3.05, 3.63) is 82.6 Å². The van der Waals surface area contributed by atoms with E-state index in [4.69, 9.17) is 23.2 Å². The number of nitrogens with zero attached hydrogens (tertiary/aromatic N) is 2. The minimum absolute atomic E-state index is 0.0887. The minimum atomic E-state index is -4.66. The highest BCUT2D eigenvalue weighted by molar-refractivity contribution is 6.34. The quantitative estimate of drug-likeness (QED) is 0.230. The predicted molar refractivity (Wildman–Crippen MR) is 126 cm³/mol. The highest BCUT2D eigenvalue weighted by Crippen LogP contribution is 2.36. The summed E-state index contributed by atoms with van der Waals surface area (Å²) < 4.78 is 39.1. The van der Waals surface area contributed by atoms with E-state index in [1.54, 1.807) is 30.6 Å². The SMILES string of the molecule is O=C(Nc1ccc(Cl)c(C(F)(F)F)c1)Nc1cc(Nc2nccc(-c3ccc[nH]3)n2)ccc1Cl. The van der Waals surface area contributed by atoms with Gasteiger partial charge in [0.2, 0.25) is 5.95 Å². The van der Waals surface area contributed by atoms with Gasteiger partial charge < -0.3 is 20.9 Å². The summed E-state index contributed by atoms with van der Waals surface area (Å²) in [4.78, 5) is 24.0. The van der Waals surface area contributed by atoms with E-state index in [0.717, 1.165) is 17.8 Å². The monoisotopic (exact) mass is 506 g/mol. The number of carbonyl (C=O) groups excluding carboxylic acids is 1. The van der Waals surface area contributed by atoms with Crippen LogP contribution in [0.15, 0.2) is 67.0 Å². The third kappa shape index (κ3) is 5.59. The highest BCUT2D eigenvalue weighted by Gasteiger charge is 2.33. The second-order valence-corrected chi connectivity index (χ2v) is 7.75. The predicted octanol–water partition coefficient (Wildman–Crippen LogP) is 7.18. The number of benzene rings is 2. The normalized spacial score (nSPS) is 11.2. The standard InChI is InChI=1S/C22H15Cl2F3N6O/c23-15-5-3-12(10-14(15)22(25,26)27)31-21(34)33-19-11-13(4-6-16(19)24)30-20-29-9-7-18(32-20)17-2-1-8-28-17/h1-11,28H,(H,29,30,32)(H2,31,33,34). The van der Waals surface area contributed by atoms with Crippen molar-refractivity contribution in [1.29, 1.82) is 0 Å². The lowest BCUT2D eigenvalue weighted by molar-refractivity contribution is -0.137. The average Bonchev–Trinajstić information content (AvgIpc) is 3.32. The number of nitrogens with one attached hydrogen (secondary N) is 4. The molecule has 174 valence electrons. The third-order valence-electron chi connectivity index (χ3n) is 4.53. The van der Waals surface area contributed by atoms with Gasteiger partial charge in [-0.05, 0) is 54.6 Å². The van der Waals surface area contributed by atoms with Crippen LogP contribution < -0.4 is 16.0 Å². The van der Waals surface area contributed by atoms with Gasteiger partial charge in [0, 0.05) is 23.8 Å². The van der Waals surface area contributed by atoms with E-state index in [1.165, 1.54) is 12.1 Å². The molecule has 0 aliphatic heterocycles. The first-order chi connectivity index (χ1) is 16.2. The van der Waals surface area contributed by atoms with Gasteiger partial charge in [-0.15, -0.1) is 0 Å². The zero-order chi connectivity index (χ0) is 24.3. The number of amides is 2. The number of aromatic nitrogens is 3. The topological polar surface area (TPSA) is 94.7 Å². The third-order valence-corrected chi connectivity index (χ3v) is 5.19. The molecule has 2 aromatic heterocycles. The first-order valence-corrected chi connectivity index (χ1v) is 10.4. The second-order valence-electron chi connectivity index (χ2n) is 6.94. The maximum atomic E-state index is 13.0. The van der Waals surface area contributed by atoms with Crippen molar-refractivity contribution in [3.63, 3.8) is 0 Å². The van der Waals surface area contributed by atoms with Gasteiger partial charge in [0.05, 0.1) is 32.7 Å². The van der Waals surface area contributed by atoms with Gasteiger partial charge in [-0.3, -0.25) is 0 Å². The van der Waals surface area contributed by atoms with Gasteiger partial charge in [0.25, 0.3) is 0 Å². The largest absolute Gasteiger partial charge is 0.417 e. The molecule has 0 fully saturated rings. The Hall–Kier alpha value is -3.76. The zero-order valence-corrected chi connectivity index (χ0v) is 18.6. The molecule has 2 amide bonds. The van der Waals surface area contributed by atoms with Gasteiger partial charge in [0.1, 0.15) is 0 Å². The van der Waals surface area contributed by atoms with Crippen LogP contribution in [0.1, 0.15) is 5.56 Å². The highest BCUT2D eigenvalue weighted by atomic mass is 35.5. The summed E-state index contributed by atoms with van der Waals surface area (Å²) >= 11 is 11.8. The number of aromatic amines is 1. The smallest absolute Gasteiger partial charge is 0.360 e. The summed E-state index contributed by atoms with van der Waals surface area (Å²) in [6.07, 6.45) is -1.29. The van der Waals surface area contributed by atoms with Crippen LogP contribution in [0, 0.1) is 0 Å². The lowest BCUT2D eigenvalue weighted by atomic mass is 10.2. The number of rotatable bonds is 5. The van der Waals surface area contributed by atoms with Gasteiger partial charge in [-0.2, -0.15) is 13.2 Å². The molecule has 0 saturated heterocycles. The van der Waals surface area contributed by atoms with Crippen molar-refractivity contribution in [2.24, 2.45) is 0 Å². The number of halogens is 5. The number of H-pyrrole nitrogens is 1. The van der Waals surface area contributed by atoms with Crippen molar-refractivity contribution in [2.75, 3.05) is 16.0 Å². The van der Waals surface area contributed by atoms with Crippen molar-refractivity contribution >= 4 is 52.2 Å². The van der Waals surface area contributed by atoms with Crippen LogP contribution in [-0.2, 0) is 6.18 Å². The molecule has 7 nitrogen and oxygen atoms in total. The van der Waals surface area contributed by atoms with Crippen molar-refractivity contribution in [3.8, 4) is 11.4 Å². The molecule has 34 heavy (non-hydrogen) atoms. The van der Waals surface area contributed by atoms with Crippen molar-refractivity contribution < 1.29 is 18.0 Å². The van der Waals surface area contributed by atoms with E-state index in [-0.39, 0.29) is 16.4 Å². The Kier molecular flexibility index (Phi) is 6.62. The number of urea groups is 1. The molecular formula is C22H15Cl2F3N6O. The molecule has 12 heteroatoms. The summed E-state index contributed by atoms with van der Waals surface area (Å²) in [5.41, 5.74) is 1.09. The summed E-state index contributed by atoms with van der Waals surface area (Å²) in [6.45, 7) is 0. The minimum Gasteiger partial charge on any atom is -0.360 e. The van der Waals surface area contributed by atoms with E-state index in [1.807, 2.05) is 12.1 Å². The van der Waals surface area contributed by atoms with Crippen molar-refractivity contribution in [2.45, 2.75) is 6.18 Å². The van der Waals surface area contributed by atoms with Gasteiger partial charge in [-0.1, -0.05) is 23.2 Å². The summed E-state index contributed by atoms with van der Waals surface area (Å²) in [6, 6.07) is 12.5. The second kappa shape index (κ2) is 9.62. The number of alkyl halides is 3. The summed E-state index contributed by atoms with van der Waals surface area (Å²) in [7, 11) is 0. The molecular weight excluding hydrogens is 492 g/mol. The molecule has 0 aliphatic rings. The fourth-order valence-electron chi connectivity index (χ4n) is 2.99. The Labute approximate surface area is 201 Å². The summed E-state index contributed by atoms with van der Waals surface area (Å²) in [5, 5.41) is 7.61. The van der Waals surface area contributed by atoms with E-state index in [9.17, 15) is 18.0 Å². The van der Waals surface area contributed by atoms with Crippen LogP contribution in [-0.4, -0.2) is 21.0 Å². The molecule has 0 saturated carbocycles. The number of hydrogen-bond donors (Lipinski definition) is 4. The van der Waals surface area contributed by atoms with Crippen molar-refractivity contribution in [1.82, 2.24) is 15.0 Å². The molecule has 0 spiro atoms. The first-order valence-electron chi connectivity index (χ1n) is 9.67. The molecule has 0 aliphatic carbocycles. The molecule has 0 atom stereocenters. The molecule has 0 unspecified atom stereocenters. The maximum Gasteiger partial charge on any atom is 0.417 e. The molecule has 4 rings (SSSR count). The Morgan fingerprint density at radius 1 is 0.941 bits per heavy atom. The fourth-order valence-corrected chi connectivity index (χ4v) is 3.38. The molecule has 2 aromatic carbocycles. The van der Waals surface area contributed by atoms with E-state index in [2.05, 4.69) is 30.9 Å². The Morgan fingerprint density at radius 3 is 2.44 bits per heavy atom. The van der Waals surface area contributed by atoms with Crippen LogP contribution in [0.2, 0.25) is 10.0 Å². The van der Waals surface area contributed by atoms with Gasteiger partial charge in [0.15, 0.2) is 0 Å². The number of anilines is 4. The van der Waals surface area contributed by atoms with Gasteiger partial charge >= 0.3 is 12.2 Å². The maximum absolute atomic E-state index is 13.0. The van der Waals surface area contributed by atoms with Crippen LogP contribution in [0.4, 0.5) is 41.0 Å². The van der Waals surface area contributed by atoms with Crippen LogP contribution in [0.3, 0.4) is 0 Å². The Balaban J connectivity index is 1.48. The fraction of sp³-hybridized carbons (Fsp3) is 0.0455. The van der Waals surface area contributed by atoms with E-state index < -0.39 is 22.8 Å². The summed E-state index contributed by atoms with van der Waals surface area (Å²) in [5.74, 6) is 0.311. The van der Waals surface area contributed by atoms with Crippen LogP contribution >= 0.6 is 23.2 Å². The van der Waals surface area contributed by atoms with E-state index in [0.29, 0.717) is 17.3 Å². The van der Waals surface area contributed by atoms with E-state index >= 15 is 0 Å². The number of carbonyl (C=O) groups is 1. The van der Waals surface area contributed by atoms with Gasteiger partial charge in [-0.25, -0.2) is 14.8 Å². The molecule has 0 bridgehead atoms. The Bertz CT molecular complexity index is 1330. The lowest BCUT2D eigenvalue weighted by Crippen LogP contribution is -2.20. The first kappa shape index (κ1) is 23.4. The zero-order valence-electron chi connectivity index (χ0n) is 17.0. The molecule has 0 radical (unpaired) electrons. The molecule has 2 heterocycles.